The SMILES string of the molecule is CC(C)CNC12CC(C#N)(C1)C2. The molecule has 0 unspecified atom stereocenters. The van der Waals surface area contributed by atoms with Gasteiger partial charge >= 0.3 is 0 Å². The van der Waals surface area contributed by atoms with Crippen LogP contribution in [0.3, 0.4) is 0 Å². The predicted octanol–water partition coefficient (Wildman–Crippen LogP) is 1.68. The van der Waals surface area contributed by atoms with Gasteiger partial charge in [0.15, 0.2) is 0 Å². The highest BCUT2D eigenvalue weighted by molar-refractivity contribution is 5.30. The summed E-state index contributed by atoms with van der Waals surface area (Å²) in [5, 5.41) is 12.4. The van der Waals surface area contributed by atoms with Gasteiger partial charge in [-0.2, -0.15) is 5.26 Å². The van der Waals surface area contributed by atoms with E-state index in [1.807, 2.05) is 0 Å². The van der Waals surface area contributed by atoms with E-state index in [9.17, 15) is 0 Å². The summed E-state index contributed by atoms with van der Waals surface area (Å²) in [7, 11) is 0. The molecule has 0 heterocycles. The maximum atomic E-state index is 8.80. The minimum Gasteiger partial charge on any atom is -0.311 e. The zero-order valence-electron chi connectivity index (χ0n) is 7.85. The summed E-state index contributed by atoms with van der Waals surface area (Å²) in [5.74, 6) is 0.720. The van der Waals surface area contributed by atoms with E-state index in [-0.39, 0.29) is 5.41 Å². The van der Waals surface area contributed by atoms with Crippen LogP contribution in [0, 0.1) is 22.7 Å². The Kier molecular flexibility index (Phi) is 1.50. The molecule has 0 spiro atoms. The van der Waals surface area contributed by atoms with Gasteiger partial charge in [0, 0.05) is 5.54 Å². The van der Waals surface area contributed by atoms with Crippen molar-refractivity contribution >= 4 is 0 Å². The average Bonchev–Trinajstić information content (AvgIpc) is 1.82. The minimum absolute atomic E-state index is 0.101. The van der Waals surface area contributed by atoms with Crippen LogP contribution in [0.5, 0.6) is 0 Å². The summed E-state index contributed by atoms with van der Waals surface area (Å²) >= 11 is 0. The van der Waals surface area contributed by atoms with Crippen LogP contribution in [0.1, 0.15) is 33.1 Å². The lowest BCUT2D eigenvalue weighted by Gasteiger charge is -2.67. The van der Waals surface area contributed by atoms with E-state index in [1.54, 1.807) is 0 Å². The Balaban J connectivity index is 1.78. The van der Waals surface area contributed by atoms with Crippen molar-refractivity contribution in [3.8, 4) is 6.07 Å². The number of nitrogens with one attached hydrogen (secondary N) is 1. The van der Waals surface area contributed by atoms with Crippen LogP contribution in [0.2, 0.25) is 0 Å². The molecule has 3 aliphatic carbocycles. The molecule has 2 nitrogen and oxygen atoms in total. The molecule has 1 N–H and O–H groups in total. The molecule has 0 saturated heterocycles. The summed E-state index contributed by atoms with van der Waals surface area (Å²) in [6, 6.07) is 2.42. The second kappa shape index (κ2) is 2.23. The van der Waals surface area contributed by atoms with E-state index in [2.05, 4.69) is 25.2 Å². The molecule has 12 heavy (non-hydrogen) atoms. The van der Waals surface area contributed by atoms with E-state index in [0.29, 0.717) is 5.54 Å². The lowest BCUT2D eigenvalue weighted by atomic mass is 9.40. The van der Waals surface area contributed by atoms with Crippen LogP contribution >= 0.6 is 0 Å². The number of hydrogen-bond donors (Lipinski definition) is 1. The molecule has 3 fully saturated rings. The number of nitrogens with zero attached hydrogens (tertiary/aromatic N) is 1. The fraction of sp³-hybridized carbons (Fsp3) is 0.900. The van der Waals surface area contributed by atoms with Gasteiger partial charge < -0.3 is 5.32 Å². The van der Waals surface area contributed by atoms with Gasteiger partial charge in [-0.1, -0.05) is 13.8 Å². The van der Waals surface area contributed by atoms with Crippen molar-refractivity contribution in [2.45, 2.75) is 38.6 Å². The van der Waals surface area contributed by atoms with Gasteiger partial charge in [0.25, 0.3) is 0 Å². The van der Waals surface area contributed by atoms with Crippen molar-refractivity contribution < 1.29 is 0 Å². The van der Waals surface area contributed by atoms with E-state index in [4.69, 9.17) is 5.26 Å². The highest BCUT2D eigenvalue weighted by Crippen LogP contribution is 2.66. The van der Waals surface area contributed by atoms with Crippen LogP contribution in [0.25, 0.3) is 0 Å². The zero-order valence-corrected chi connectivity index (χ0v) is 7.85. The van der Waals surface area contributed by atoms with Gasteiger partial charge in [0.1, 0.15) is 0 Å². The summed E-state index contributed by atoms with van der Waals surface area (Å²) in [5.41, 5.74) is 0.490. The summed E-state index contributed by atoms with van der Waals surface area (Å²) < 4.78 is 0. The van der Waals surface area contributed by atoms with E-state index in [0.717, 1.165) is 31.7 Å². The Morgan fingerprint density at radius 2 is 2.00 bits per heavy atom. The van der Waals surface area contributed by atoms with Gasteiger partial charge in [-0.05, 0) is 31.7 Å². The standard InChI is InChI=1S/C10H16N2/c1-8(2)3-12-10-4-9(5-10,6-10)7-11/h8,12H,3-6H2,1-2H3. The van der Waals surface area contributed by atoms with Gasteiger partial charge in [-0.15, -0.1) is 0 Å². The molecule has 66 valence electrons. The fourth-order valence-electron chi connectivity index (χ4n) is 2.51. The summed E-state index contributed by atoms with van der Waals surface area (Å²) in [6.45, 7) is 5.54. The third-order valence-corrected chi connectivity index (χ3v) is 3.15. The monoisotopic (exact) mass is 164 g/mol. The molecular weight excluding hydrogens is 148 g/mol. The second-order valence-electron chi connectivity index (χ2n) is 4.98. The smallest absolute Gasteiger partial charge is 0.0691 e. The van der Waals surface area contributed by atoms with Crippen LogP contribution in [0.4, 0.5) is 0 Å². The molecule has 0 radical (unpaired) electrons. The Hall–Kier alpha value is -0.550. The Labute approximate surface area is 74.0 Å². The third-order valence-electron chi connectivity index (χ3n) is 3.15. The van der Waals surface area contributed by atoms with Crippen LogP contribution in [0.15, 0.2) is 0 Å². The van der Waals surface area contributed by atoms with Crippen molar-refractivity contribution in [3.05, 3.63) is 0 Å². The molecule has 0 aromatic heterocycles. The molecule has 3 saturated carbocycles. The van der Waals surface area contributed by atoms with Crippen molar-refractivity contribution in [1.82, 2.24) is 5.32 Å². The minimum atomic E-state index is 0.101. The Bertz CT molecular complexity index is 217. The quantitative estimate of drug-likeness (QED) is 0.689. The first-order chi connectivity index (χ1) is 5.60. The highest BCUT2D eigenvalue weighted by Gasteiger charge is 2.68. The third kappa shape index (κ3) is 0.964. The van der Waals surface area contributed by atoms with E-state index >= 15 is 0 Å². The first-order valence-electron chi connectivity index (χ1n) is 4.76. The molecule has 0 amide bonds. The Morgan fingerprint density at radius 1 is 1.42 bits per heavy atom. The highest BCUT2D eigenvalue weighted by atomic mass is 15.1. The van der Waals surface area contributed by atoms with Crippen molar-refractivity contribution in [2.24, 2.45) is 11.3 Å². The predicted molar refractivity (Wildman–Crippen MR) is 47.5 cm³/mol. The average molecular weight is 164 g/mol. The molecule has 0 aliphatic heterocycles. The van der Waals surface area contributed by atoms with Crippen molar-refractivity contribution in [3.63, 3.8) is 0 Å². The lowest BCUT2D eigenvalue weighted by Crippen LogP contribution is -2.73. The first kappa shape index (κ1) is 8.07. The van der Waals surface area contributed by atoms with Gasteiger partial charge in [0.2, 0.25) is 0 Å². The van der Waals surface area contributed by atoms with Crippen LogP contribution in [-0.4, -0.2) is 12.1 Å². The molecule has 3 rings (SSSR count). The Morgan fingerprint density at radius 3 is 2.42 bits per heavy atom. The molecule has 0 aromatic rings. The van der Waals surface area contributed by atoms with Gasteiger partial charge in [-0.3, -0.25) is 0 Å². The largest absolute Gasteiger partial charge is 0.311 e. The summed E-state index contributed by atoms with van der Waals surface area (Å²) in [4.78, 5) is 0. The van der Waals surface area contributed by atoms with E-state index in [1.165, 1.54) is 0 Å². The molecule has 0 atom stereocenters. The fourth-order valence-corrected chi connectivity index (χ4v) is 2.51. The van der Waals surface area contributed by atoms with E-state index < -0.39 is 0 Å². The van der Waals surface area contributed by atoms with Crippen LogP contribution < -0.4 is 5.32 Å². The molecule has 3 aliphatic rings. The molecular formula is C10H16N2. The molecule has 2 bridgehead atoms. The van der Waals surface area contributed by atoms with Crippen LogP contribution in [-0.2, 0) is 0 Å². The number of hydrogen-bond acceptors (Lipinski definition) is 2. The van der Waals surface area contributed by atoms with Crippen molar-refractivity contribution in [1.29, 1.82) is 5.26 Å². The number of nitriles is 1. The zero-order chi connectivity index (χ0) is 8.82. The number of rotatable bonds is 3. The molecule has 2 heteroatoms. The lowest BCUT2D eigenvalue weighted by molar-refractivity contribution is -0.111. The van der Waals surface area contributed by atoms with Gasteiger partial charge in [-0.25, -0.2) is 0 Å². The van der Waals surface area contributed by atoms with Gasteiger partial charge in [0.05, 0.1) is 11.5 Å². The van der Waals surface area contributed by atoms with Crippen molar-refractivity contribution in [2.75, 3.05) is 6.54 Å². The topological polar surface area (TPSA) is 35.8 Å². The maximum absolute atomic E-state index is 8.80. The first-order valence-corrected chi connectivity index (χ1v) is 4.76. The maximum Gasteiger partial charge on any atom is 0.0691 e. The second-order valence-corrected chi connectivity index (χ2v) is 4.98. The summed E-state index contributed by atoms with van der Waals surface area (Å²) in [6.07, 6.45) is 3.30. The normalized spacial score (nSPS) is 43.2. The molecule has 0 aromatic carbocycles.